The van der Waals surface area contributed by atoms with E-state index in [-0.39, 0.29) is 17.7 Å². The van der Waals surface area contributed by atoms with Gasteiger partial charge in [-0.2, -0.15) is 0 Å². The molecule has 0 aromatic carbocycles. The molecule has 0 unspecified atom stereocenters. The first-order valence-electron chi connectivity index (χ1n) is 8.45. The first kappa shape index (κ1) is 16.3. The molecule has 1 aliphatic carbocycles. The molecular formula is C16H29N3O2. The van der Waals surface area contributed by atoms with Crippen LogP contribution in [0.4, 0.5) is 0 Å². The molecule has 2 atom stereocenters. The number of carbonyl (C=O) groups is 2. The van der Waals surface area contributed by atoms with Gasteiger partial charge in [0, 0.05) is 31.0 Å². The van der Waals surface area contributed by atoms with Crippen LogP contribution in [0.2, 0.25) is 0 Å². The minimum absolute atomic E-state index is 0.0703. The zero-order valence-electron chi connectivity index (χ0n) is 13.1. The van der Waals surface area contributed by atoms with Crippen molar-refractivity contribution in [3.63, 3.8) is 0 Å². The molecule has 0 radical (unpaired) electrons. The highest BCUT2D eigenvalue weighted by Crippen LogP contribution is 2.17. The Kier molecular flexibility index (Phi) is 6.49. The van der Waals surface area contributed by atoms with Crippen molar-refractivity contribution in [1.82, 2.24) is 16.0 Å². The Morgan fingerprint density at radius 2 is 1.90 bits per heavy atom. The number of carbonyl (C=O) groups excluding carboxylic acids is 2. The molecule has 2 amide bonds. The second-order valence-electron chi connectivity index (χ2n) is 6.52. The molecule has 0 aromatic heterocycles. The lowest BCUT2D eigenvalue weighted by Gasteiger charge is -2.27. The topological polar surface area (TPSA) is 70.2 Å². The van der Waals surface area contributed by atoms with Crippen LogP contribution in [0.15, 0.2) is 0 Å². The van der Waals surface area contributed by atoms with Gasteiger partial charge in [-0.25, -0.2) is 0 Å². The molecule has 3 N–H and O–H groups in total. The van der Waals surface area contributed by atoms with Crippen molar-refractivity contribution in [2.45, 2.75) is 70.4 Å². The van der Waals surface area contributed by atoms with E-state index >= 15 is 0 Å². The van der Waals surface area contributed by atoms with Crippen LogP contribution >= 0.6 is 0 Å². The fourth-order valence-electron chi connectivity index (χ4n) is 3.36. The summed E-state index contributed by atoms with van der Waals surface area (Å²) in [4.78, 5) is 23.9. The van der Waals surface area contributed by atoms with Crippen molar-refractivity contribution < 1.29 is 9.59 Å². The zero-order chi connectivity index (χ0) is 15.1. The summed E-state index contributed by atoms with van der Waals surface area (Å²) in [6, 6.07) is 0.760. The Balaban J connectivity index is 1.59. The highest BCUT2D eigenvalue weighted by Gasteiger charge is 2.24. The number of amides is 2. The molecule has 1 saturated heterocycles. The Morgan fingerprint density at radius 1 is 1.14 bits per heavy atom. The number of hydrogen-bond acceptors (Lipinski definition) is 3. The van der Waals surface area contributed by atoms with E-state index in [1.165, 1.54) is 19.3 Å². The van der Waals surface area contributed by atoms with Gasteiger partial charge in [0.2, 0.25) is 11.8 Å². The number of nitrogens with one attached hydrogen (secondary N) is 3. The zero-order valence-corrected chi connectivity index (χ0v) is 13.1. The Hall–Kier alpha value is -1.10. The molecule has 2 aliphatic rings. The van der Waals surface area contributed by atoms with E-state index in [9.17, 15) is 9.59 Å². The van der Waals surface area contributed by atoms with E-state index in [4.69, 9.17) is 0 Å². The van der Waals surface area contributed by atoms with Crippen LogP contribution in [0.25, 0.3) is 0 Å². The Bertz CT molecular complexity index is 353. The fourth-order valence-corrected chi connectivity index (χ4v) is 3.36. The molecule has 0 aromatic rings. The van der Waals surface area contributed by atoms with Gasteiger partial charge < -0.3 is 16.0 Å². The van der Waals surface area contributed by atoms with Crippen molar-refractivity contribution in [2.75, 3.05) is 13.1 Å². The average Bonchev–Trinajstić information content (AvgIpc) is 2.48. The third-order valence-electron chi connectivity index (χ3n) is 4.62. The predicted molar refractivity (Wildman–Crippen MR) is 82.8 cm³/mol. The second kappa shape index (κ2) is 8.37. The highest BCUT2D eigenvalue weighted by molar-refractivity contribution is 5.80. The average molecular weight is 295 g/mol. The van der Waals surface area contributed by atoms with Crippen molar-refractivity contribution in [1.29, 1.82) is 0 Å². The molecule has 0 spiro atoms. The van der Waals surface area contributed by atoms with Gasteiger partial charge in [-0.1, -0.05) is 19.3 Å². The Labute approximate surface area is 127 Å². The summed E-state index contributed by atoms with van der Waals surface area (Å²) in [7, 11) is 0. The number of rotatable bonds is 5. The maximum absolute atomic E-state index is 12.0. The first-order chi connectivity index (χ1) is 10.1. The molecule has 0 bridgehead atoms. The van der Waals surface area contributed by atoms with E-state index in [2.05, 4.69) is 22.9 Å². The molecule has 5 heteroatoms. The monoisotopic (exact) mass is 295 g/mol. The van der Waals surface area contributed by atoms with Gasteiger partial charge in [-0.3, -0.25) is 9.59 Å². The van der Waals surface area contributed by atoms with Crippen LogP contribution in [0.5, 0.6) is 0 Å². The Morgan fingerprint density at radius 3 is 2.62 bits per heavy atom. The molecular weight excluding hydrogens is 266 g/mol. The first-order valence-corrected chi connectivity index (χ1v) is 8.45. The largest absolute Gasteiger partial charge is 0.355 e. The van der Waals surface area contributed by atoms with Crippen LogP contribution in [0, 0.1) is 5.92 Å². The van der Waals surface area contributed by atoms with E-state index in [0.29, 0.717) is 25.0 Å². The normalized spacial score (nSPS) is 27.1. The molecule has 2 fully saturated rings. The standard InChI is InChI=1S/C16H29N3O2/c1-12-11-13(7-9-17-12)16(21)18-10-8-15(20)19-14-5-3-2-4-6-14/h12-14,17H,2-11H2,1H3,(H,18,21)(H,19,20)/t12-,13-/m0/s1. The quantitative estimate of drug-likeness (QED) is 0.716. The summed E-state index contributed by atoms with van der Waals surface area (Å²) in [6.07, 6.45) is 8.10. The molecule has 120 valence electrons. The van der Waals surface area contributed by atoms with Gasteiger partial charge in [0.05, 0.1) is 0 Å². The van der Waals surface area contributed by atoms with Crippen LogP contribution < -0.4 is 16.0 Å². The van der Waals surface area contributed by atoms with E-state index < -0.39 is 0 Å². The predicted octanol–water partition coefficient (Wildman–Crippen LogP) is 1.33. The molecule has 2 rings (SSSR count). The van der Waals surface area contributed by atoms with Crippen molar-refractivity contribution in [3.05, 3.63) is 0 Å². The molecule has 21 heavy (non-hydrogen) atoms. The fraction of sp³-hybridized carbons (Fsp3) is 0.875. The van der Waals surface area contributed by atoms with Crippen LogP contribution in [0.1, 0.15) is 58.3 Å². The van der Waals surface area contributed by atoms with Gasteiger partial charge >= 0.3 is 0 Å². The van der Waals surface area contributed by atoms with E-state index in [1.54, 1.807) is 0 Å². The third kappa shape index (κ3) is 5.65. The maximum atomic E-state index is 12.0. The van der Waals surface area contributed by atoms with E-state index in [1.807, 2.05) is 0 Å². The lowest BCUT2D eigenvalue weighted by molar-refractivity contribution is -0.126. The summed E-state index contributed by atoms with van der Waals surface area (Å²) in [5.74, 6) is 0.275. The number of piperidine rings is 1. The van der Waals surface area contributed by atoms with Gasteiger partial charge in [-0.15, -0.1) is 0 Å². The van der Waals surface area contributed by atoms with Crippen molar-refractivity contribution in [3.8, 4) is 0 Å². The van der Waals surface area contributed by atoms with Gasteiger partial charge in [0.1, 0.15) is 0 Å². The molecule has 5 nitrogen and oxygen atoms in total. The maximum Gasteiger partial charge on any atom is 0.223 e. The van der Waals surface area contributed by atoms with Crippen LogP contribution in [-0.4, -0.2) is 37.0 Å². The summed E-state index contributed by atoms with van der Waals surface area (Å²) in [5.41, 5.74) is 0. The summed E-state index contributed by atoms with van der Waals surface area (Å²) in [6.45, 7) is 3.47. The SMILES string of the molecule is C[C@H]1C[C@@H](C(=O)NCCC(=O)NC2CCCCC2)CCN1. The summed E-state index contributed by atoms with van der Waals surface area (Å²) in [5, 5.41) is 9.33. The molecule has 1 aliphatic heterocycles. The minimum Gasteiger partial charge on any atom is -0.355 e. The second-order valence-corrected chi connectivity index (χ2v) is 6.52. The van der Waals surface area contributed by atoms with Crippen LogP contribution in [-0.2, 0) is 9.59 Å². The van der Waals surface area contributed by atoms with Gasteiger partial charge in [0.15, 0.2) is 0 Å². The van der Waals surface area contributed by atoms with Crippen molar-refractivity contribution in [2.24, 2.45) is 5.92 Å². The van der Waals surface area contributed by atoms with Crippen LogP contribution in [0.3, 0.4) is 0 Å². The van der Waals surface area contributed by atoms with Gasteiger partial charge in [0.25, 0.3) is 0 Å². The number of hydrogen-bond donors (Lipinski definition) is 3. The van der Waals surface area contributed by atoms with E-state index in [0.717, 1.165) is 32.2 Å². The molecule has 1 saturated carbocycles. The third-order valence-corrected chi connectivity index (χ3v) is 4.62. The smallest absolute Gasteiger partial charge is 0.223 e. The summed E-state index contributed by atoms with van der Waals surface area (Å²) >= 11 is 0. The summed E-state index contributed by atoms with van der Waals surface area (Å²) < 4.78 is 0. The molecule has 1 heterocycles. The van der Waals surface area contributed by atoms with Crippen molar-refractivity contribution >= 4 is 11.8 Å². The van der Waals surface area contributed by atoms with Gasteiger partial charge in [-0.05, 0) is 39.2 Å². The minimum atomic E-state index is 0.0703. The highest BCUT2D eigenvalue weighted by atomic mass is 16.2. The lowest BCUT2D eigenvalue weighted by Crippen LogP contribution is -2.43. The lowest BCUT2D eigenvalue weighted by atomic mass is 9.92.